The molecule has 0 aromatic carbocycles. The number of rotatable bonds is 2. The van der Waals surface area contributed by atoms with E-state index in [1.807, 2.05) is 0 Å². The van der Waals surface area contributed by atoms with Crippen LogP contribution in [0, 0.1) is 17.3 Å². The summed E-state index contributed by atoms with van der Waals surface area (Å²) < 4.78 is 0. The maximum Gasteiger partial charge on any atom is 0.306 e. The Morgan fingerprint density at radius 3 is 2.06 bits per heavy atom. The van der Waals surface area contributed by atoms with Gasteiger partial charge in [0, 0.05) is 19.1 Å². The fraction of sp³-hybridized carbons (Fsp3) is 0.929. The van der Waals surface area contributed by atoms with Gasteiger partial charge in [-0.15, -0.1) is 0 Å². The van der Waals surface area contributed by atoms with E-state index in [0.29, 0.717) is 11.5 Å². The number of carboxylic acid groups (broad SMARTS) is 1. The molecule has 1 saturated carbocycles. The van der Waals surface area contributed by atoms with Gasteiger partial charge >= 0.3 is 5.97 Å². The van der Waals surface area contributed by atoms with Crippen LogP contribution in [0.3, 0.4) is 0 Å². The molecule has 1 heterocycles. The highest BCUT2D eigenvalue weighted by Gasteiger charge is 2.40. The smallest absolute Gasteiger partial charge is 0.306 e. The predicted molar refractivity (Wildman–Crippen MR) is 67.9 cm³/mol. The third-order valence-corrected chi connectivity index (χ3v) is 4.70. The minimum atomic E-state index is -0.598. The highest BCUT2D eigenvalue weighted by molar-refractivity contribution is 5.70. The maximum atomic E-state index is 10.9. The first-order chi connectivity index (χ1) is 7.88. The second-order valence-electron chi connectivity index (χ2n) is 6.86. The van der Waals surface area contributed by atoms with Crippen molar-refractivity contribution in [2.75, 3.05) is 13.1 Å². The highest BCUT2D eigenvalue weighted by atomic mass is 16.4. The molecular formula is C14H25NO2. The van der Waals surface area contributed by atoms with E-state index in [1.165, 1.54) is 13.1 Å². The summed E-state index contributed by atoms with van der Waals surface area (Å²) in [5.41, 5.74) is 0.425. The molecule has 3 heteroatoms. The van der Waals surface area contributed by atoms with Crippen molar-refractivity contribution >= 4 is 5.97 Å². The van der Waals surface area contributed by atoms with Crippen molar-refractivity contribution < 1.29 is 9.90 Å². The Kier molecular flexibility index (Phi) is 3.48. The maximum absolute atomic E-state index is 10.9. The fourth-order valence-corrected chi connectivity index (χ4v) is 3.05. The molecule has 0 unspecified atom stereocenters. The molecule has 1 saturated heterocycles. The Labute approximate surface area is 104 Å². The first-order valence-electron chi connectivity index (χ1n) is 6.85. The number of carbonyl (C=O) groups is 1. The van der Waals surface area contributed by atoms with Crippen molar-refractivity contribution in [2.24, 2.45) is 17.3 Å². The van der Waals surface area contributed by atoms with Crippen LogP contribution >= 0.6 is 0 Å². The summed E-state index contributed by atoms with van der Waals surface area (Å²) in [6, 6.07) is 0.657. The van der Waals surface area contributed by atoms with Crippen LogP contribution < -0.4 is 0 Å². The molecule has 2 rings (SSSR count). The topological polar surface area (TPSA) is 40.5 Å². The van der Waals surface area contributed by atoms with Gasteiger partial charge in [-0.3, -0.25) is 9.69 Å². The monoisotopic (exact) mass is 239 g/mol. The third-order valence-electron chi connectivity index (χ3n) is 4.70. The summed E-state index contributed by atoms with van der Waals surface area (Å²) in [7, 11) is 0. The third kappa shape index (κ3) is 2.82. The molecule has 0 aromatic rings. The number of nitrogens with zero attached hydrogens (tertiary/aromatic N) is 1. The molecule has 98 valence electrons. The molecular weight excluding hydrogens is 214 g/mol. The summed E-state index contributed by atoms with van der Waals surface area (Å²) in [5.74, 6) is 0.144. The lowest BCUT2D eigenvalue weighted by atomic mass is 9.74. The number of hydrogen-bond acceptors (Lipinski definition) is 2. The SMILES string of the molecule is CC(C)(C)C1CN(C2CCC(C(=O)O)CC2)C1. The van der Waals surface area contributed by atoms with Crippen LogP contribution in [0.1, 0.15) is 46.5 Å². The van der Waals surface area contributed by atoms with E-state index >= 15 is 0 Å². The number of carboxylic acids is 1. The van der Waals surface area contributed by atoms with Crippen molar-refractivity contribution in [3.05, 3.63) is 0 Å². The lowest BCUT2D eigenvalue weighted by Crippen LogP contribution is -2.56. The van der Waals surface area contributed by atoms with Crippen molar-refractivity contribution in [1.29, 1.82) is 0 Å². The molecule has 0 amide bonds. The Balaban J connectivity index is 1.75. The van der Waals surface area contributed by atoms with Gasteiger partial charge in [-0.1, -0.05) is 20.8 Å². The van der Waals surface area contributed by atoms with Crippen LogP contribution in [0.2, 0.25) is 0 Å². The van der Waals surface area contributed by atoms with E-state index in [4.69, 9.17) is 5.11 Å². The first kappa shape index (κ1) is 12.9. The van der Waals surface area contributed by atoms with Gasteiger partial charge < -0.3 is 5.11 Å². The van der Waals surface area contributed by atoms with E-state index in [2.05, 4.69) is 25.7 Å². The lowest BCUT2D eigenvalue weighted by molar-refractivity contribution is -0.143. The fourth-order valence-electron chi connectivity index (χ4n) is 3.05. The van der Waals surface area contributed by atoms with Crippen LogP contribution in [-0.2, 0) is 4.79 Å². The van der Waals surface area contributed by atoms with Crippen molar-refractivity contribution in [2.45, 2.75) is 52.5 Å². The van der Waals surface area contributed by atoms with Crippen LogP contribution in [-0.4, -0.2) is 35.1 Å². The minimum Gasteiger partial charge on any atom is -0.481 e. The van der Waals surface area contributed by atoms with Crippen molar-refractivity contribution in [3.8, 4) is 0 Å². The molecule has 1 N–H and O–H groups in total. The zero-order chi connectivity index (χ0) is 12.6. The summed E-state index contributed by atoms with van der Waals surface area (Å²) in [6.07, 6.45) is 3.90. The lowest BCUT2D eigenvalue weighted by Gasteiger charge is -2.51. The van der Waals surface area contributed by atoms with Gasteiger partial charge in [0.05, 0.1) is 5.92 Å². The molecule has 0 atom stereocenters. The number of hydrogen-bond donors (Lipinski definition) is 1. The predicted octanol–water partition coefficient (Wildman–Crippen LogP) is 2.61. The summed E-state index contributed by atoms with van der Waals surface area (Å²) in [6.45, 7) is 9.38. The van der Waals surface area contributed by atoms with E-state index in [0.717, 1.165) is 31.6 Å². The molecule has 1 aliphatic heterocycles. The summed E-state index contributed by atoms with van der Waals surface area (Å²) in [4.78, 5) is 13.4. The minimum absolute atomic E-state index is 0.0778. The largest absolute Gasteiger partial charge is 0.481 e. The molecule has 2 aliphatic rings. The molecule has 0 aromatic heterocycles. The molecule has 2 fully saturated rings. The van der Waals surface area contributed by atoms with Crippen LogP contribution in [0.5, 0.6) is 0 Å². The second-order valence-corrected chi connectivity index (χ2v) is 6.86. The van der Waals surface area contributed by atoms with Gasteiger partial charge in [-0.25, -0.2) is 0 Å². The molecule has 3 nitrogen and oxygen atoms in total. The number of likely N-dealkylation sites (tertiary alicyclic amines) is 1. The second kappa shape index (κ2) is 4.60. The Hall–Kier alpha value is -0.570. The first-order valence-corrected chi connectivity index (χ1v) is 6.85. The molecule has 1 aliphatic carbocycles. The summed E-state index contributed by atoms with van der Waals surface area (Å²) in [5, 5.41) is 8.97. The molecule has 0 radical (unpaired) electrons. The average molecular weight is 239 g/mol. The van der Waals surface area contributed by atoms with Crippen molar-refractivity contribution in [1.82, 2.24) is 4.90 Å². The summed E-state index contributed by atoms with van der Waals surface area (Å²) >= 11 is 0. The average Bonchev–Trinajstić information content (AvgIpc) is 2.13. The Morgan fingerprint density at radius 2 is 1.65 bits per heavy atom. The van der Waals surface area contributed by atoms with E-state index in [-0.39, 0.29) is 5.92 Å². The Morgan fingerprint density at radius 1 is 1.12 bits per heavy atom. The van der Waals surface area contributed by atoms with Gasteiger partial charge in [0.15, 0.2) is 0 Å². The Bertz CT molecular complexity index is 281. The van der Waals surface area contributed by atoms with Gasteiger partial charge in [-0.2, -0.15) is 0 Å². The zero-order valence-electron chi connectivity index (χ0n) is 11.3. The zero-order valence-corrected chi connectivity index (χ0v) is 11.3. The quantitative estimate of drug-likeness (QED) is 0.805. The van der Waals surface area contributed by atoms with Gasteiger partial charge in [0.1, 0.15) is 0 Å². The highest BCUT2D eigenvalue weighted by Crippen LogP contribution is 2.38. The van der Waals surface area contributed by atoms with Crippen LogP contribution in [0.15, 0.2) is 0 Å². The molecule has 17 heavy (non-hydrogen) atoms. The van der Waals surface area contributed by atoms with E-state index < -0.39 is 5.97 Å². The van der Waals surface area contributed by atoms with Gasteiger partial charge in [0.25, 0.3) is 0 Å². The normalized spacial score (nSPS) is 32.2. The van der Waals surface area contributed by atoms with E-state index in [9.17, 15) is 4.79 Å². The van der Waals surface area contributed by atoms with Crippen molar-refractivity contribution in [3.63, 3.8) is 0 Å². The molecule has 0 bridgehead atoms. The van der Waals surface area contributed by atoms with Gasteiger partial charge in [-0.05, 0) is 37.0 Å². The van der Waals surface area contributed by atoms with E-state index in [1.54, 1.807) is 0 Å². The van der Waals surface area contributed by atoms with Crippen LogP contribution in [0.25, 0.3) is 0 Å². The standard InChI is InChI=1S/C14H25NO2/c1-14(2,3)11-8-15(9-11)12-6-4-10(5-7-12)13(16)17/h10-12H,4-9H2,1-3H3,(H,16,17). The number of aliphatic carboxylic acids is 1. The molecule has 0 spiro atoms. The van der Waals surface area contributed by atoms with Gasteiger partial charge in [0.2, 0.25) is 0 Å². The van der Waals surface area contributed by atoms with Crippen LogP contribution in [0.4, 0.5) is 0 Å².